The Bertz CT molecular complexity index is 920. The van der Waals surface area contributed by atoms with Crippen molar-refractivity contribution in [2.24, 2.45) is 5.16 Å². The number of Topliss-reactive ketones (excluding diaryl/α,β-unsaturated/α-hetero) is 2. The molecule has 0 fully saturated rings. The van der Waals surface area contributed by atoms with E-state index in [9.17, 15) is 9.59 Å². The van der Waals surface area contributed by atoms with E-state index in [0.717, 1.165) is 6.21 Å². The number of benzene rings is 2. The molecule has 0 radical (unpaired) electrons. The van der Waals surface area contributed by atoms with Gasteiger partial charge in [-0.1, -0.05) is 5.16 Å². The average molecular weight is 449 g/mol. The fraction of sp³-hybridized carbons (Fsp3) is 0.318. The van der Waals surface area contributed by atoms with Gasteiger partial charge in [-0.25, -0.2) is 0 Å². The van der Waals surface area contributed by atoms with Crippen LogP contribution in [0.2, 0.25) is 0 Å². The van der Waals surface area contributed by atoms with Gasteiger partial charge < -0.3 is 33.6 Å². The van der Waals surface area contributed by atoms with Crippen LogP contribution in [0.25, 0.3) is 0 Å². The molecule has 10 heteroatoms. The van der Waals surface area contributed by atoms with E-state index in [4.69, 9.17) is 33.6 Å². The predicted octanol–water partition coefficient (Wildman–Crippen LogP) is 3.27. The van der Waals surface area contributed by atoms with Crippen LogP contribution in [0.5, 0.6) is 34.5 Å². The summed E-state index contributed by atoms with van der Waals surface area (Å²) in [6.07, 6.45) is 0.792. The summed E-state index contributed by atoms with van der Waals surface area (Å²) in [4.78, 5) is 22.7. The van der Waals surface area contributed by atoms with Crippen LogP contribution < -0.4 is 28.4 Å². The van der Waals surface area contributed by atoms with Gasteiger partial charge in [0.05, 0.1) is 42.7 Å². The maximum atomic E-state index is 11.5. The van der Waals surface area contributed by atoms with Crippen molar-refractivity contribution in [3.05, 3.63) is 35.4 Å². The highest BCUT2D eigenvalue weighted by Crippen LogP contribution is 2.39. The van der Waals surface area contributed by atoms with Gasteiger partial charge in [-0.3, -0.25) is 9.59 Å². The first kappa shape index (κ1) is 26.1. The summed E-state index contributed by atoms with van der Waals surface area (Å²) in [5, 5.41) is 11.0. The van der Waals surface area contributed by atoms with Crippen molar-refractivity contribution < 1.29 is 43.2 Å². The zero-order valence-corrected chi connectivity index (χ0v) is 19.0. The third kappa shape index (κ3) is 6.27. The van der Waals surface area contributed by atoms with Crippen molar-refractivity contribution in [1.29, 1.82) is 0 Å². The number of carbonyl (C=O) groups excluding carboxylic acids is 2. The van der Waals surface area contributed by atoms with Gasteiger partial charge in [0.25, 0.3) is 0 Å². The van der Waals surface area contributed by atoms with Crippen molar-refractivity contribution in [3.8, 4) is 34.5 Å². The van der Waals surface area contributed by atoms with Crippen LogP contribution in [0.1, 0.15) is 27.6 Å². The highest BCUT2D eigenvalue weighted by atomic mass is 16.5. The maximum Gasteiger partial charge on any atom is 0.207 e. The Kier molecular flexibility index (Phi) is 10.3. The first-order valence-corrected chi connectivity index (χ1v) is 9.14. The Morgan fingerprint density at radius 1 is 0.688 bits per heavy atom. The minimum atomic E-state index is -0.466. The normalized spacial score (nSPS) is 9.97. The molecule has 2 aromatic rings. The van der Waals surface area contributed by atoms with Crippen LogP contribution in [0.3, 0.4) is 0 Å². The molecule has 0 aliphatic heterocycles. The summed E-state index contributed by atoms with van der Waals surface area (Å²) >= 11 is 0. The van der Waals surface area contributed by atoms with Crippen LogP contribution in [-0.2, 0) is 0 Å². The minimum Gasteiger partial charge on any atom is -0.493 e. The lowest BCUT2D eigenvalue weighted by Crippen LogP contribution is -2.03. The quantitative estimate of drug-likeness (QED) is 0.266. The molecule has 0 atom stereocenters. The van der Waals surface area contributed by atoms with E-state index < -0.39 is 5.78 Å². The molecule has 0 saturated carbocycles. The Morgan fingerprint density at radius 2 is 1.03 bits per heavy atom. The number of nitrogens with zero attached hydrogens (tertiary/aromatic N) is 1. The van der Waals surface area contributed by atoms with Crippen LogP contribution in [0.15, 0.2) is 29.4 Å². The number of methoxy groups -OCH3 is 6. The van der Waals surface area contributed by atoms with E-state index in [-0.39, 0.29) is 11.3 Å². The fourth-order valence-corrected chi connectivity index (χ4v) is 2.63. The summed E-state index contributed by atoms with van der Waals surface area (Å²) in [5.41, 5.74) is 0.807. The number of hydrogen-bond donors (Lipinski definition) is 1. The second kappa shape index (κ2) is 12.7. The Labute approximate surface area is 186 Å². The van der Waals surface area contributed by atoms with Crippen LogP contribution in [0, 0.1) is 0 Å². The molecular weight excluding hydrogens is 422 g/mol. The molecule has 10 nitrogen and oxygen atoms in total. The molecule has 2 aromatic carbocycles. The summed E-state index contributed by atoms with van der Waals surface area (Å²) < 4.78 is 30.6. The molecule has 1 N–H and O–H groups in total. The van der Waals surface area contributed by atoms with E-state index in [0.29, 0.717) is 40.1 Å². The molecule has 2 rings (SSSR count). The number of ether oxygens (including phenoxy) is 6. The number of ketones is 2. The van der Waals surface area contributed by atoms with Gasteiger partial charge in [0.15, 0.2) is 28.8 Å². The molecule has 0 aliphatic rings. The topological polar surface area (TPSA) is 122 Å². The molecule has 32 heavy (non-hydrogen) atoms. The first-order chi connectivity index (χ1) is 15.3. The highest BCUT2D eigenvalue weighted by Gasteiger charge is 2.16. The molecule has 0 unspecified atom stereocenters. The summed E-state index contributed by atoms with van der Waals surface area (Å²) in [7, 11) is 8.92. The van der Waals surface area contributed by atoms with E-state index in [1.807, 2.05) is 0 Å². The van der Waals surface area contributed by atoms with Crippen LogP contribution in [0.4, 0.5) is 0 Å². The van der Waals surface area contributed by atoms with E-state index in [1.165, 1.54) is 61.7 Å². The molecule has 0 amide bonds. The van der Waals surface area contributed by atoms with Gasteiger partial charge in [-0.15, -0.1) is 0 Å². The molecule has 0 saturated heterocycles. The van der Waals surface area contributed by atoms with Crippen molar-refractivity contribution >= 4 is 17.8 Å². The molecule has 0 aliphatic carbocycles. The zero-order valence-electron chi connectivity index (χ0n) is 19.0. The number of oxime groups is 1. The van der Waals surface area contributed by atoms with Gasteiger partial charge in [0.1, 0.15) is 6.21 Å². The van der Waals surface area contributed by atoms with E-state index in [1.54, 1.807) is 12.1 Å². The fourth-order valence-electron chi connectivity index (χ4n) is 2.63. The standard InChI is InChI=1S/C11H13NO5.C11H14O4/c1-15-9-4-7(8(13)6-12-14)5-10(16-2)11(9)17-3;1-7(12)8-5-9(13-2)11(15-4)10(6-8)14-3/h4-6,14H,1-3H3;5-6H,1-4H3/b12-6+;. The lowest BCUT2D eigenvalue weighted by Gasteiger charge is -2.12. The van der Waals surface area contributed by atoms with Gasteiger partial charge in [-0.05, 0) is 31.2 Å². The summed E-state index contributed by atoms with van der Waals surface area (Å²) in [5.74, 6) is 2.07. The molecule has 174 valence electrons. The van der Waals surface area contributed by atoms with E-state index in [2.05, 4.69) is 5.16 Å². The summed E-state index contributed by atoms with van der Waals surface area (Å²) in [6, 6.07) is 6.21. The van der Waals surface area contributed by atoms with Crippen molar-refractivity contribution in [3.63, 3.8) is 0 Å². The predicted molar refractivity (Wildman–Crippen MR) is 117 cm³/mol. The number of hydrogen-bond acceptors (Lipinski definition) is 10. The Hall–Kier alpha value is -3.95. The third-order valence-electron chi connectivity index (χ3n) is 4.20. The molecule has 0 spiro atoms. The smallest absolute Gasteiger partial charge is 0.207 e. The molecule has 0 heterocycles. The average Bonchev–Trinajstić information content (AvgIpc) is 2.82. The van der Waals surface area contributed by atoms with Crippen LogP contribution >= 0.6 is 0 Å². The number of rotatable bonds is 9. The second-order valence-electron chi connectivity index (χ2n) is 5.99. The zero-order chi connectivity index (χ0) is 24.3. The lowest BCUT2D eigenvalue weighted by molar-refractivity contribution is 0.101. The molecular formula is C22H27NO9. The van der Waals surface area contributed by atoms with Gasteiger partial charge >= 0.3 is 0 Å². The highest BCUT2D eigenvalue weighted by molar-refractivity contribution is 6.35. The van der Waals surface area contributed by atoms with Gasteiger partial charge in [0, 0.05) is 11.1 Å². The monoisotopic (exact) mass is 449 g/mol. The van der Waals surface area contributed by atoms with Crippen LogP contribution in [-0.4, -0.2) is 65.6 Å². The Morgan fingerprint density at radius 3 is 1.28 bits per heavy atom. The van der Waals surface area contributed by atoms with Gasteiger partial charge in [-0.2, -0.15) is 0 Å². The number of carbonyl (C=O) groups is 2. The van der Waals surface area contributed by atoms with Crippen molar-refractivity contribution in [2.45, 2.75) is 6.92 Å². The SMILES string of the molecule is COc1cc(C(=O)/C=N/O)cc(OC)c1OC.COc1cc(C(C)=O)cc(OC)c1OC. The van der Waals surface area contributed by atoms with Gasteiger partial charge in [0.2, 0.25) is 17.3 Å². The maximum absolute atomic E-state index is 11.5. The second-order valence-corrected chi connectivity index (χ2v) is 5.99. The third-order valence-corrected chi connectivity index (χ3v) is 4.20. The summed E-state index contributed by atoms with van der Waals surface area (Å²) in [6.45, 7) is 1.49. The lowest BCUT2D eigenvalue weighted by atomic mass is 10.1. The largest absolute Gasteiger partial charge is 0.493 e. The Balaban J connectivity index is 0.000000323. The van der Waals surface area contributed by atoms with Crippen molar-refractivity contribution in [2.75, 3.05) is 42.7 Å². The minimum absolute atomic E-state index is 0.0470. The first-order valence-electron chi connectivity index (χ1n) is 9.14. The molecule has 0 bridgehead atoms. The van der Waals surface area contributed by atoms with E-state index >= 15 is 0 Å². The molecule has 0 aromatic heterocycles. The van der Waals surface area contributed by atoms with Crippen molar-refractivity contribution in [1.82, 2.24) is 0 Å².